The van der Waals surface area contributed by atoms with Crippen molar-refractivity contribution in [1.82, 2.24) is 9.80 Å². The van der Waals surface area contributed by atoms with Crippen molar-refractivity contribution >= 4 is 15.7 Å². The highest BCUT2D eigenvalue weighted by atomic mass is 32.2. The largest absolute Gasteiger partial charge is 0.492 e. The molecule has 1 heterocycles. The van der Waals surface area contributed by atoms with E-state index >= 15 is 0 Å². The zero-order valence-electron chi connectivity index (χ0n) is 15.4. The van der Waals surface area contributed by atoms with Gasteiger partial charge >= 0.3 is 0 Å². The molecule has 0 saturated carbocycles. The number of carbonyl (C=O) groups excluding carboxylic acids is 1. The number of ether oxygens (including phenoxy) is 1. The SMILES string of the molecule is Cc1ccccc1OCCN(C)[C@@H](C)C(=O)N(C)[C@@H]1CCS(=O)(=O)C1. The van der Waals surface area contributed by atoms with Crippen LogP contribution < -0.4 is 4.74 Å². The van der Waals surface area contributed by atoms with Gasteiger partial charge in [-0.15, -0.1) is 0 Å². The van der Waals surface area contributed by atoms with E-state index in [-0.39, 0.29) is 29.5 Å². The van der Waals surface area contributed by atoms with Crippen molar-refractivity contribution in [3.05, 3.63) is 29.8 Å². The summed E-state index contributed by atoms with van der Waals surface area (Å²) >= 11 is 0. The highest BCUT2D eigenvalue weighted by molar-refractivity contribution is 7.91. The number of likely N-dealkylation sites (N-methyl/N-ethyl adjacent to an activating group) is 2. The molecule has 1 saturated heterocycles. The lowest BCUT2D eigenvalue weighted by atomic mass is 10.2. The zero-order chi connectivity index (χ0) is 18.6. The van der Waals surface area contributed by atoms with Gasteiger partial charge in [0.15, 0.2) is 9.84 Å². The summed E-state index contributed by atoms with van der Waals surface area (Å²) in [4.78, 5) is 16.1. The minimum Gasteiger partial charge on any atom is -0.492 e. The van der Waals surface area contributed by atoms with Crippen LogP contribution in [-0.2, 0) is 14.6 Å². The van der Waals surface area contributed by atoms with Gasteiger partial charge in [0.2, 0.25) is 5.91 Å². The Kier molecular flexibility index (Phi) is 6.46. The van der Waals surface area contributed by atoms with Crippen molar-refractivity contribution in [3.63, 3.8) is 0 Å². The molecule has 0 unspecified atom stereocenters. The molecule has 25 heavy (non-hydrogen) atoms. The van der Waals surface area contributed by atoms with Gasteiger partial charge in [-0.05, 0) is 38.9 Å². The molecule has 0 aromatic heterocycles. The second-order valence-corrected chi connectivity index (χ2v) is 9.01. The third-order valence-electron chi connectivity index (χ3n) is 4.92. The Morgan fingerprint density at radius 1 is 1.32 bits per heavy atom. The van der Waals surface area contributed by atoms with Gasteiger partial charge in [0.25, 0.3) is 0 Å². The van der Waals surface area contributed by atoms with Crippen molar-refractivity contribution in [2.45, 2.75) is 32.4 Å². The summed E-state index contributed by atoms with van der Waals surface area (Å²) in [5, 5.41) is 0. The van der Waals surface area contributed by atoms with E-state index in [1.54, 1.807) is 11.9 Å². The Morgan fingerprint density at radius 2 is 2.00 bits per heavy atom. The van der Waals surface area contributed by atoms with Gasteiger partial charge in [0.05, 0.1) is 17.5 Å². The third kappa shape index (κ3) is 5.19. The van der Waals surface area contributed by atoms with Crippen LogP contribution in [0, 0.1) is 6.92 Å². The number of hydrogen-bond acceptors (Lipinski definition) is 5. The third-order valence-corrected chi connectivity index (χ3v) is 6.67. The molecular formula is C18H28N2O4S. The summed E-state index contributed by atoms with van der Waals surface area (Å²) in [6, 6.07) is 7.29. The van der Waals surface area contributed by atoms with Crippen LogP contribution in [0.1, 0.15) is 18.9 Å². The fourth-order valence-corrected chi connectivity index (χ4v) is 4.73. The number of benzene rings is 1. The number of sulfone groups is 1. The summed E-state index contributed by atoms with van der Waals surface area (Å²) < 4.78 is 29.0. The molecule has 0 bridgehead atoms. The van der Waals surface area contributed by atoms with E-state index < -0.39 is 9.84 Å². The summed E-state index contributed by atoms with van der Waals surface area (Å²) in [6.45, 7) is 4.93. The van der Waals surface area contributed by atoms with Gasteiger partial charge in [-0.1, -0.05) is 18.2 Å². The maximum atomic E-state index is 12.6. The molecule has 1 aliphatic rings. The first kappa shape index (κ1) is 19.7. The molecule has 1 aromatic rings. The number of carbonyl (C=O) groups is 1. The van der Waals surface area contributed by atoms with Crippen molar-refractivity contribution in [2.75, 3.05) is 38.8 Å². The van der Waals surface area contributed by atoms with E-state index in [0.29, 0.717) is 19.6 Å². The first-order valence-electron chi connectivity index (χ1n) is 8.57. The summed E-state index contributed by atoms with van der Waals surface area (Å²) in [5.74, 6) is 1.04. The van der Waals surface area contributed by atoms with E-state index in [1.165, 1.54) is 0 Å². The van der Waals surface area contributed by atoms with Crippen LogP contribution in [0.4, 0.5) is 0 Å². The molecule has 0 aliphatic carbocycles. The van der Waals surface area contributed by atoms with Gasteiger partial charge < -0.3 is 9.64 Å². The van der Waals surface area contributed by atoms with Gasteiger partial charge in [0, 0.05) is 19.6 Å². The fraction of sp³-hybridized carbons (Fsp3) is 0.611. The molecule has 0 N–H and O–H groups in total. The van der Waals surface area contributed by atoms with Gasteiger partial charge in [-0.25, -0.2) is 8.42 Å². The maximum absolute atomic E-state index is 12.6. The van der Waals surface area contributed by atoms with E-state index in [4.69, 9.17) is 4.74 Å². The topological polar surface area (TPSA) is 66.9 Å². The molecule has 0 radical (unpaired) electrons. The lowest BCUT2D eigenvalue weighted by Gasteiger charge is -2.31. The highest BCUT2D eigenvalue weighted by Gasteiger charge is 2.34. The predicted molar refractivity (Wildman–Crippen MR) is 98.6 cm³/mol. The maximum Gasteiger partial charge on any atom is 0.239 e. The van der Waals surface area contributed by atoms with Crippen LogP contribution in [0.25, 0.3) is 0 Å². The number of nitrogens with zero attached hydrogens (tertiary/aromatic N) is 2. The fourth-order valence-electron chi connectivity index (χ4n) is 2.96. The number of aryl methyl sites for hydroxylation is 1. The van der Waals surface area contributed by atoms with Crippen molar-refractivity contribution in [3.8, 4) is 5.75 Å². The molecule has 7 heteroatoms. The number of amides is 1. The molecule has 6 nitrogen and oxygen atoms in total. The van der Waals surface area contributed by atoms with Gasteiger partial charge in [-0.2, -0.15) is 0 Å². The summed E-state index contributed by atoms with van der Waals surface area (Å²) in [5.41, 5.74) is 1.08. The second-order valence-electron chi connectivity index (χ2n) is 6.78. The minimum atomic E-state index is -3.00. The Balaban J connectivity index is 1.83. The predicted octanol–water partition coefficient (Wildman–Crippen LogP) is 1.34. The van der Waals surface area contributed by atoms with Gasteiger partial charge in [0.1, 0.15) is 12.4 Å². The number of para-hydroxylation sites is 1. The minimum absolute atomic E-state index is 0.0551. The highest BCUT2D eigenvalue weighted by Crippen LogP contribution is 2.18. The van der Waals surface area contributed by atoms with E-state index in [9.17, 15) is 13.2 Å². The monoisotopic (exact) mass is 368 g/mol. The molecular weight excluding hydrogens is 340 g/mol. The molecule has 2 atom stereocenters. The quantitative estimate of drug-likeness (QED) is 0.727. The lowest BCUT2D eigenvalue weighted by Crippen LogP contribution is -2.49. The summed E-state index contributed by atoms with van der Waals surface area (Å²) in [6.07, 6.45) is 0.525. The molecule has 1 amide bonds. The van der Waals surface area contributed by atoms with E-state index in [0.717, 1.165) is 11.3 Å². The van der Waals surface area contributed by atoms with E-state index in [2.05, 4.69) is 0 Å². The van der Waals surface area contributed by atoms with Crippen LogP contribution in [0.5, 0.6) is 5.75 Å². The Morgan fingerprint density at radius 3 is 2.60 bits per heavy atom. The number of rotatable bonds is 7. The molecule has 0 spiro atoms. The molecule has 2 rings (SSSR count). The van der Waals surface area contributed by atoms with Crippen molar-refractivity contribution in [2.24, 2.45) is 0 Å². The smallest absolute Gasteiger partial charge is 0.239 e. The Labute approximate surface area is 150 Å². The standard InChI is InChI=1S/C18H28N2O4S/c1-14-7-5-6-8-17(14)24-11-10-19(3)15(2)18(21)20(4)16-9-12-25(22,23)13-16/h5-8,15-16H,9-13H2,1-4H3/t15-,16+/m0/s1. The van der Waals surface area contributed by atoms with Gasteiger partial charge in [-0.3, -0.25) is 9.69 Å². The summed E-state index contributed by atoms with van der Waals surface area (Å²) in [7, 11) is 0.578. The Bertz CT molecular complexity index is 705. The van der Waals surface area contributed by atoms with Crippen LogP contribution in [-0.4, -0.2) is 75.0 Å². The molecule has 1 aliphatic heterocycles. The van der Waals surface area contributed by atoms with E-state index in [1.807, 2.05) is 50.1 Å². The average molecular weight is 368 g/mol. The molecule has 1 aromatic carbocycles. The van der Waals surface area contributed by atoms with Crippen molar-refractivity contribution in [1.29, 1.82) is 0 Å². The zero-order valence-corrected chi connectivity index (χ0v) is 16.3. The lowest BCUT2D eigenvalue weighted by molar-refractivity contribution is -0.136. The first-order chi connectivity index (χ1) is 11.7. The Hall–Kier alpha value is -1.60. The second kappa shape index (κ2) is 8.19. The van der Waals surface area contributed by atoms with Crippen LogP contribution in [0.2, 0.25) is 0 Å². The molecule has 1 fully saturated rings. The average Bonchev–Trinajstić information content (AvgIpc) is 2.94. The van der Waals surface area contributed by atoms with Crippen LogP contribution in [0.3, 0.4) is 0 Å². The molecule has 140 valence electrons. The van der Waals surface area contributed by atoms with Crippen molar-refractivity contribution < 1.29 is 17.9 Å². The van der Waals surface area contributed by atoms with Crippen LogP contribution in [0.15, 0.2) is 24.3 Å². The normalized spacial score (nSPS) is 20.4. The number of hydrogen-bond donors (Lipinski definition) is 0. The van der Waals surface area contributed by atoms with Crippen LogP contribution >= 0.6 is 0 Å². The first-order valence-corrected chi connectivity index (χ1v) is 10.4.